The Hall–Kier alpha value is -0.420. The largest absolute Gasteiger partial charge is 0.401 e. The molecule has 0 aromatic heterocycles. The molecule has 1 atom stereocenters. The van der Waals surface area contributed by atoms with E-state index in [1.807, 2.05) is 0 Å². The highest BCUT2D eigenvalue weighted by Crippen LogP contribution is 2.26. The smallest absolute Gasteiger partial charge is 0.383 e. The van der Waals surface area contributed by atoms with Gasteiger partial charge < -0.3 is 9.47 Å². The first-order chi connectivity index (χ1) is 7.16. The van der Waals surface area contributed by atoms with Gasteiger partial charge in [0.15, 0.2) is 0 Å². The molecule has 0 rings (SSSR count). The van der Waals surface area contributed by atoms with Crippen LogP contribution in [0, 0.1) is 0 Å². The van der Waals surface area contributed by atoms with Gasteiger partial charge in [-0.05, 0) is 0 Å². The monoisotopic (exact) mass is 266 g/mol. The highest BCUT2D eigenvalue weighted by Gasteiger charge is 2.48. The van der Waals surface area contributed by atoms with Crippen LogP contribution < -0.4 is 5.14 Å². The Morgan fingerprint density at radius 1 is 1.44 bits per heavy atom. The molecule has 0 bridgehead atoms. The quantitative estimate of drug-likeness (QED) is 0.640. The summed E-state index contributed by atoms with van der Waals surface area (Å²) >= 11 is 0. The Labute approximate surface area is 91.3 Å². The van der Waals surface area contributed by atoms with Crippen LogP contribution in [0.15, 0.2) is 0 Å². The van der Waals surface area contributed by atoms with E-state index < -0.39 is 29.2 Å². The van der Waals surface area contributed by atoms with Gasteiger partial charge in [0, 0.05) is 20.8 Å². The molecule has 10 heteroatoms. The molecular weight excluding hydrogens is 253 g/mol. The molecule has 6 nitrogen and oxygen atoms in total. The third-order valence-corrected chi connectivity index (χ3v) is 2.67. The van der Waals surface area contributed by atoms with Crippen LogP contribution in [-0.4, -0.2) is 52.5 Å². The van der Waals surface area contributed by atoms with Crippen LogP contribution in [0.5, 0.6) is 0 Å². The molecule has 0 fully saturated rings. The fraction of sp³-hybridized carbons (Fsp3) is 1.00. The van der Waals surface area contributed by atoms with Crippen molar-refractivity contribution in [1.29, 1.82) is 0 Å². The second-order valence-corrected chi connectivity index (χ2v) is 4.25. The van der Waals surface area contributed by atoms with Crippen LogP contribution in [0.25, 0.3) is 0 Å². The van der Waals surface area contributed by atoms with Crippen LogP contribution in [-0.2, 0) is 19.7 Å². The van der Waals surface area contributed by atoms with Crippen molar-refractivity contribution in [2.24, 2.45) is 5.14 Å². The predicted octanol–water partition coefficient (Wildman–Crippen LogP) is -0.327. The zero-order valence-corrected chi connectivity index (χ0v) is 9.51. The highest BCUT2D eigenvalue weighted by atomic mass is 32.2. The molecule has 0 spiro atoms. The second-order valence-electron chi connectivity index (χ2n) is 2.75. The number of rotatable bonds is 7. The molecule has 1 unspecified atom stereocenters. The van der Waals surface area contributed by atoms with E-state index in [2.05, 4.69) is 14.6 Å². The summed E-state index contributed by atoms with van der Waals surface area (Å²) in [6, 6.07) is 0. The lowest BCUT2D eigenvalue weighted by molar-refractivity contribution is -0.279. The van der Waals surface area contributed by atoms with E-state index in [-0.39, 0.29) is 10.9 Å². The first kappa shape index (κ1) is 15.6. The maximum absolute atomic E-state index is 13.2. The Morgan fingerprint density at radius 2 is 1.94 bits per heavy atom. The SMILES string of the molecule is COCCN(C(F)C(F)(F)OC)S(N)(=O)=O. The van der Waals surface area contributed by atoms with Gasteiger partial charge in [0.05, 0.1) is 6.61 Å². The average molecular weight is 266 g/mol. The van der Waals surface area contributed by atoms with Crippen molar-refractivity contribution in [3.05, 3.63) is 0 Å². The van der Waals surface area contributed by atoms with E-state index in [9.17, 15) is 21.6 Å². The zero-order valence-electron chi connectivity index (χ0n) is 8.69. The normalized spacial score (nSPS) is 15.4. The first-order valence-corrected chi connectivity index (χ1v) is 5.52. The van der Waals surface area contributed by atoms with E-state index in [0.717, 1.165) is 0 Å². The van der Waals surface area contributed by atoms with Gasteiger partial charge in [0.2, 0.25) is 0 Å². The summed E-state index contributed by atoms with van der Waals surface area (Å²) in [6.45, 7) is -0.925. The number of ether oxygens (including phenoxy) is 2. The van der Waals surface area contributed by atoms with E-state index >= 15 is 0 Å². The molecule has 0 aliphatic heterocycles. The number of nitrogens with zero attached hydrogens (tertiary/aromatic N) is 1. The first-order valence-electron chi connectivity index (χ1n) is 4.02. The lowest BCUT2D eigenvalue weighted by atomic mass is 10.5. The molecular formula is C6H13F3N2O4S. The summed E-state index contributed by atoms with van der Waals surface area (Å²) in [7, 11) is -2.87. The number of methoxy groups -OCH3 is 2. The molecule has 16 heavy (non-hydrogen) atoms. The average Bonchev–Trinajstić information content (AvgIpc) is 2.16. The summed E-state index contributed by atoms with van der Waals surface area (Å²) in [4.78, 5) is 0. The molecule has 0 radical (unpaired) electrons. The van der Waals surface area contributed by atoms with Crippen LogP contribution >= 0.6 is 0 Å². The lowest BCUT2D eigenvalue weighted by Gasteiger charge is -2.27. The van der Waals surface area contributed by atoms with Crippen molar-refractivity contribution in [2.45, 2.75) is 12.4 Å². The number of alkyl halides is 3. The Morgan fingerprint density at radius 3 is 2.25 bits per heavy atom. The third-order valence-electron chi connectivity index (χ3n) is 1.64. The van der Waals surface area contributed by atoms with Gasteiger partial charge in [-0.15, -0.1) is 4.31 Å². The van der Waals surface area contributed by atoms with Gasteiger partial charge in [-0.2, -0.15) is 17.2 Å². The van der Waals surface area contributed by atoms with E-state index in [4.69, 9.17) is 0 Å². The van der Waals surface area contributed by atoms with Gasteiger partial charge >= 0.3 is 6.11 Å². The summed E-state index contributed by atoms with van der Waals surface area (Å²) in [5.74, 6) is 0. The Balaban J connectivity index is 4.91. The van der Waals surface area contributed by atoms with E-state index in [1.165, 1.54) is 7.11 Å². The number of hydrogen-bond donors (Lipinski definition) is 1. The van der Waals surface area contributed by atoms with Gasteiger partial charge in [-0.1, -0.05) is 0 Å². The van der Waals surface area contributed by atoms with Gasteiger partial charge in [-0.3, -0.25) is 0 Å². The number of hydrogen-bond acceptors (Lipinski definition) is 4. The maximum atomic E-state index is 13.2. The van der Waals surface area contributed by atoms with E-state index in [0.29, 0.717) is 7.11 Å². The van der Waals surface area contributed by atoms with Crippen LogP contribution in [0.1, 0.15) is 0 Å². The number of nitrogens with two attached hydrogens (primary N) is 1. The summed E-state index contributed by atoms with van der Waals surface area (Å²) < 4.78 is 68.2. The van der Waals surface area contributed by atoms with Crippen molar-refractivity contribution in [1.82, 2.24) is 4.31 Å². The fourth-order valence-electron chi connectivity index (χ4n) is 0.816. The molecule has 0 heterocycles. The van der Waals surface area contributed by atoms with Crippen molar-refractivity contribution >= 4 is 10.2 Å². The molecule has 0 aromatic carbocycles. The standard InChI is InChI=1S/C6H13F3N2O4S/c1-14-4-3-11(16(10,12)13)5(7)6(8,9)15-2/h5H,3-4H2,1-2H3,(H2,10,12,13). The van der Waals surface area contributed by atoms with Crippen molar-refractivity contribution in [3.63, 3.8) is 0 Å². The molecule has 0 aliphatic carbocycles. The van der Waals surface area contributed by atoms with Gasteiger partial charge in [0.25, 0.3) is 16.5 Å². The molecule has 0 saturated heterocycles. The van der Waals surface area contributed by atoms with Crippen molar-refractivity contribution in [2.75, 3.05) is 27.4 Å². The molecule has 98 valence electrons. The topological polar surface area (TPSA) is 81.9 Å². The summed E-state index contributed by atoms with van der Waals surface area (Å²) in [5, 5.41) is 4.59. The van der Waals surface area contributed by atoms with E-state index in [1.54, 1.807) is 0 Å². The maximum Gasteiger partial charge on any atom is 0.401 e. The molecule has 0 aromatic rings. The minimum absolute atomic E-state index is 0.236. The molecule has 0 saturated carbocycles. The van der Waals surface area contributed by atoms with Crippen molar-refractivity contribution in [3.8, 4) is 0 Å². The number of halogens is 3. The van der Waals surface area contributed by atoms with Crippen LogP contribution in [0.3, 0.4) is 0 Å². The summed E-state index contributed by atoms with van der Waals surface area (Å²) in [5.41, 5.74) is 0. The minimum Gasteiger partial charge on any atom is -0.383 e. The second kappa shape index (κ2) is 5.77. The molecule has 2 N–H and O–H groups in total. The Kier molecular flexibility index (Phi) is 5.62. The third kappa shape index (κ3) is 4.22. The fourth-order valence-corrected chi connectivity index (χ4v) is 1.53. The lowest BCUT2D eigenvalue weighted by Crippen LogP contribution is -2.52. The molecule has 0 aliphatic rings. The minimum atomic E-state index is -4.61. The summed E-state index contributed by atoms with van der Waals surface area (Å²) in [6.07, 6.45) is -7.48. The highest BCUT2D eigenvalue weighted by molar-refractivity contribution is 7.86. The van der Waals surface area contributed by atoms with Gasteiger partial charge in [0.1, 0.15) is 0 Å². The Bertz CT molecular complexity index is 311. The zero-order chi connectivity index (χ0) is 13.0. The van der Waals surface area contributed by atoms with Gasteiger partial charge in [-0.25, -0.2) is 9.53 Å². The molecule has 0 amide bonds. The predicted molar refractivity (Wildman–Crippen MR) is 48.5 cm³/mol. The van der Waals surface area contributed by atoms with Crippen LogP contribution in [0.2, 0.25) is 0 Å². The van der Waals surface area contributed by atoms with Crippen LogP contribution in [0.4, 0.5) is 13.2 Å². The van der Waals surface area contributed by atoms with Crippen molar-refractivity contribution < 1.29 is 31.1 Å².